The summed E-state index contributed by atoms with van der Waals surface area (Å²) in [6, 6.07) is 4.65. The number of carbonyl (C=O) groups excluding carboxylic acids is 1. The van der Waals surface area contributed by atoms with Crippen molar-refractivity contribution in [3.8, 4) is 0 Å². The van der Waals surface area contributed by atoms with Crippen molar-refractivity contribution in [2.75, 3.05) is 25.9 Å². The average Bonchev–Trinajstić information content (AvgIpc) is 2.53. The predicted molar refractivity (Wildman–Crippen MR) is 93.8 cm³/mol. The van der Waals surface area contributed by atoms with Crippen LogP contribution in [0.15, 0.2) is 28.0 Å². The van der Waals surface area contributed by atoms with Crippen molar-refractivity contribution in [1.29, 1.82) is 0 Å². The fraction of sp³-hybridized carbons (Fsp3) is 0.533. The van der Waals surface area contributed by atoms with Crippen molar-refractivity contribution < 1.29 is 26.4 Å². The van der Waals surface area contributed by atoms with E-state index >= 15 is 0 Å². The van der Waals surface area contributed by atoms with E-state index in [0.29, 0.717) is 35.8 Å². The van der Waals surface area contributed by atoms with Crippen molar-refractivity contribution in [3.05, 3.63) is 23.2 Å². The number of piperidine rings is 1. The van der Waals surface area contributed by atoms with Crippen LogP contribution in [0.3, 0.4) is 0 Å². The van der Waals surface area contributed by atoms with Gasteiger partial charge in [-0.2, -0.15) is 13.2 Å². The van der Waals surface area contributed by atoms with E-state index in [2.05, 4.69) is 0 Å². The lowest BCUT2D eigenvalue weighted by Crippen LogP contribution is -2.41. The molecule has 1 amide bonds. The average molecular weight is 431 g/mol. The molecular formula is C15H18ClF3N2O3S2. The third kappa shape index (κ3) is 6.04. The lowest BCUT2D eigenvalue weighted by molar-refractivity contribution is -0.173. The standard InChI is InChI=1S/C15H18ClF3N2O3S2/c1-26(23,24)13-8-11(16)2-3-12(13)25-21-6-4-10(5-7-21)9-20-14(22)15(17,18)19/h2-3,8,10H,4-7,9H2,1H3,(H,20,22). The number of sulfone groups is 1. The van der Waals surface area contributed by atoms with Crippen LogP contribution in [0.2, 0.25) is 5.02 Å². The molecule has 0 saturated carbocycles. The van der Waals surface area contributed by atoms with Crippen LogP contribution in [0.4, 0.5) is 13.2 Å². The van der Waals surface area contributed by atoms with E-state index in [4.69, 9.17) is 11.6 Å². The Hall–Kier alpha value is -0.970. The van der Waals surface area contributed by atoms with E-state index in [9.17, 15) is 26.4 Å². The number of carbonyl (C=O) groups is 1. The monoisotopic (exact) mass is 430 g/mol. The topological polar surface area (TPSA) is 66.5 Å². The van der Waals surface area contributed by atoms with Gasteiger partial charge in [0, 0.05) is 35.8 Å². The van der Waals surface area contributed by atoms with E-state index in [-0.39, 0.29) is 17.4 Å². The maximum Gasteiger partial charge on any atom is 0.471 e. The van der Waals surface area contributed by atoms with E-state index in [1.807, 2.05) is 9.62 Å². The Bertz CT molecular complexity index is 764. The van der Waals surface area contributed by atoms with Crippen LogP contribution in [0, 0.1) is 5.92 Å². The molecule has 1 aliphatic rings. The van der Waals surface area contributed by atoms with Gasteiger partial charge in [-0.1, -0.05) is 11.6 Å². The van der Waals surface area contributed by atoms with E-state index in [0.717, 1.165) is 6.26 Å². The zero-order chi connectivity index (χ0) is 19.5. The molecule has 1 heterocycles. The molecule has 5 nitrogen and oxygen atoms in total. The van der Waals surface area contributed by atoms with Gasteiger partial charge in [-0.05, 0) is 48.9 Å². The SMILES string of the molecule is CS(=O)(=O)c1cc(Cl)ccc1SN1CCC(CNC(=O)C(F)(F)F)CC1. The first kappa shape index (κ1) is 21.3. The van der Waals surface area contributed by atoms with Crippen LogP contribution in [0.1, 0.15) is 12.8 Å². The van der Waals surface area contributed by atoms with Crippen molar-refractivity contribution in [1.82, 2.24) is 9.62 Å². The van der Waals surface area contributed by atoms with E-state index < -0.39 is 21.9 Å². The predicted octanol–water partition coefficient (Wildman–Crippen LogP) is 3.14. The highest BCUT2D eigenvalue weighted by Crippen LogP contribution is 2.34. The second-order valence-electron chi connectivity index (χ2n) is 6.03. The summed E-state index contributed by atoms with van der Waals surface area (Å²) in [5.41, 5.74) is 0. The van der Waals surface area contributed by atoms with Gasteiger partial charge in [0.05, 0.1) is 4.90 Å². The van der Waals surface area contributed by atoms with Crippen LogP contribution < -0.4 is 5.32 Å². The minimum Gasteiger partial charge on any atom is -0.348 e. The van der Waals surface area contributed by atoms with Gasteiger partial charge >= 0.3 is 12.1 Å². The number of rotatable bonds is 5. The minimum atomic E-state index is -4.87. The molecule has 0 bridgehead atoms. The van der Waals surface area contributed by atoms with Crippen molar-refractivity contribution >= 4 is 39.3 Å². The molecule has 1 aromatic carbocycles. The van der Waals surface area contributed by atoms with Crippen LogP contribution in [-0.4, -0.2) is 50.7 Å². The Morgan fingerprint density at radius 2 is 1.96 bits per heavy atom. The molecule has 1 aliphatic heterocycles. The van der Waals surface area contributed by atoms with Crippen LogP contribution >= 0.6 is 23.5 Å². The smallest absolute Gasteiger partial charge is 0.348 e. The molecule has 26 heavy (non-hydrogen) atoms. The van der Waals surface area contributed by atoms with Gasteiger partial charge in [-0.3, -0.25) is 4.79 Å². The fourth-order valence-corrected chi connectivity index (χ4v) is 5.05. The second kappa shape index (κ2) is 8.37. The molecule has 0 atom stereocenters. The summed E-state index contributed by atoms with van der Waals surface area (Å²) in [5.74, 6) is -1.97. The first-order chi connectivity index (χ1) is 12.0. The van der Waals surface area contributed by atoms with E-state index in [1.165, 1.54) is 18.0 Å². The molecule has 1 N–H and O–H groups in total. The highest BCUT2D eigenvalue weighted by Gasteiger charge is 2.38. The number of nitrogens with one attached hydrogen (secondary N) is 1. The molecule has 11 heteroatoms. The number of alkyl halides is 3. The first-order valence-electron chi connectivity index (χ1n) is 7.74. The summed E-state index contributed by atoms with van der Waals surface area (Å²) >= 11 is 7.16. The minimum absolute atomic E-state index is 0.0214. The zero-order valence-electron chi connectivity index (χ0n) is 13.8. The molecule has 146 valence electrons. The number of hydrogen-bond donors (Lipinski definition) is 1. The highest BCUT2D eigenvalue weighted by molar-refractivity contribution is 7.98. The first-order valence-corrected chi connectivity index (χ1v) is 10.8. The van der Waals surface area contributed by atoms with Gasteiger partial charge in [0.25, 0.3) is 0 Å². The molecule has 2 rings (SSSR count). The Kier molecular flexibility index (Phi) is 6.86. The van der Waals surface area contributed by atoms with Gasteiger partial charge in [-0.25, -0.2) is 12.7 Å². The van der Waals surface area contributed by atoms with Gasteiger partial charge in [-0.15, -0.1) is 0 Å². The maximum atomic E-state index is 12.2. The summed E-state index contributed by atoms with van der Waals surface area (Å²) in [7, 11) is -3.44. The molecule has 1 fully saturated rings. The summed E-state index contributed by atoms with van der Waals surface area (Å²) < 4.78 is 62.3. The van der Waals surface area contributed by atoms with Gasteiger partial charge in [0.1, 0.15) is 0 Å². The lowest BCUT2D eigenvalue weighted by Gasteiger charge is -2.31. The summed E-state index contributed by atoms with van der Waals surface area (Å²) in [4.78, 5) is 11.6. The Morgan fingerprint density at radius 1 is 1.35 bits per heavy atom. The van der Waals surface area contributed by atoms with Gasteiger partial charge in [0.15, 0.2) is 9.84 Å². The number of nitrogens with zero attached hydrogens (tertiary/aromatic N) is 1. The maximum absolute atomic E-state index is 12.2. The molecular weight excluding hydrogens is 413 g/mol. The Morgan fingerprint density at radius 3 is 2.50 bits per heavy atom. The molecule has 1 aromatic rings. The molecule has 0 aromatic heterocycles. The van der Waals surface area contributed by atoms with Crippen molar-refractivity contribution in [2.24, 2.45) is 5.92 Å². The third-order valence-corrected chi connectivity index (χ3v) is 6.59. The molecule has 1 saturated heterocycles. The van der Waals surface area contributed by atoms with Crippen LogP contribution in [0.25, 0.3) is 0 Å². The molecule has 0 spiro atoms. The molecule has 0 radical (unpaired) electrons. The largest absolute Gasteiger partial charge is 0.471 e. The number of amides is 1. The summed E-state index contributed by atoms with van der Waals surface area (Å²) in [6.45, 7) is 1.12. The summed E-state index contributed by atoms with van der Waals surface area (Å²) in [6.07, 6.45) is -2.55. The summed E-state index contributed by atoms with van der Waals surface area (Å²) in [5, 5.41) is 2.24. The third-order valence-electron chi connectivity index (χ3n) is 3.91. The quantitative estimate of drug-likeness (QED) is 0.727. The highest BCUT2D eigenvalue weighted by atomic mass is 35.5. The van der Waals surface area contributed by atoms with Crippen LogP contribution in [0.5, 0.6) is 0 Å². The molecule has 0 unspecified atom stereocenters. The van der Waals surface area contributed by atoms with Crippen LogP contribution in [-0.2, 0) is 14.6 Å². The Balaban J connectivity index is 1.91. The number of hydrogen-bond acceptors (Lipinski definition) is 5. The number of halogens is 4. The van der Waals surface area contributed by atoms with Gasteiger partial charge < -0.3 is 5.32 Å². The Labute approximate surface area is 159 Å². The molecule has 0 aliphatic carbocycles. The van der Waals surface area contributed by atoms with E-state index in [1.54, 1.807) is 12.1 Å². The zero-order valence-corrected chi connectivity index (χ0v) is 16.2. The normalized spacial score (nSPS) is 17.3. The van der Waals surface area contributed by atoms with Gasteiger partial charge in [0.2, 0.25) is 0 Å². The lowest BCUT2D eigenvalue weighted by atomic mass is 9.98. The second-order valence-corrected chi connectivity index (χ2v) is 9.59. The van der Waals surface area contributed by atoms with Crippen molar-refractivity contribution in [3.63, 3.8) is 0 Å². The van der Waals surface area contributed by atoms with Crippen molar-refractivity contribution in [2.45, 2.75) is 28.8 Å². The number of benzene rings is 1. The fourth-order valence-electron chi connectivity index (χ4n) is 2.53.